The third-order valence-corrected chi connectivity index (χ3v) is 2.82. The molecule has 1 aromatic rings. The highest BCUT2D eigenvalue weighted by Crippen LogP contribution is 2.22. The molecule has 0 aromatic heterocycles. The number of unbranched alkanes of at least 4 members (excludes halogenated alkanes) is 1. The lowest BCUT2D eigenvalue weighted by molar-refractivity contribution is -0.116. The lowest BCUT2D eigenvalue weighted by Gasteiger charge is -2.07. The second-order valence-corrected chi connectivity index (χ2v) is 4.93. The number of hydrogen-bond donors (Lipinski definition) is 2. The molecule has 1 rings (SSSR count). The molecule has 0 aliphatic carbocycles. The first-order chi connectivity index (χ1) is 8.61. The molecule has 0 aliphatic rings. The monoisotopic (exact) mass is 288 g/mol. The van der Waals surface area contributed by atoms with Gasteiger partial charge in [0, 0.05) is 28.7 Å². The van der Waals surface area contributed by atoms with Crippen LogP contribution in [0.2, 0.25) is 10.0 Å². The maximum atomic E-state index is 11.6. The van der Waals surface area contributed by atoms with Crippen LogP contribution in [0.15, 0.2) is 18.2 Å². The van der Waals surface area contributed by atoms with Gasteiger partial charge in [-0.1, -0.05) is 36.5 Å². The Labute approximate surface area is 118 Å². The van der Waals surface area contributed by atoms with Gasteiger partial charge in [-0.25, -0.2) is 0 Å². The predicted molar refractivity (Wildman–Crippen MR) is 77.5 cm³/mol. The Morgan fingerprint density at radius 2 is 1.83 bits per heavy atom. The van der Waals surface area contributed by atoms with E-state index in [0.29, 0.717) is 28.7 Å². The molecule has 0 heterocycles. The fourth-order valence-corrected chi connectivity index (χ4v) is 2.00. The largest absolute Gasteiger partial charge is 0.326 e. The smallest absolute Gasteiger partial charge is 0.225 e. The Morgan fingerprint density at radius 1 is 1.17 bits per heavy atom. The molecule has 0 bridgehead atoms. The first kappa shape index (κ1) is 15.3. The molecule has 100 valence electrons. The van der Waals surface area contributed by atoms with E-state index in [0.717, 1.165) is 19.4 Å². The van der Waals surface area contributed by atoms with Gasteiger partial charge in [0.1, 0.15) is 0 Å². The second kappa shape index (κ2) is 8.35. The van der Waals surface area contributed by atoms with E-state index in [1.807, 2.05) is 0 Å². The van der Waals surface area contributed by atoms with E-state index >= 15 is 0 Å². The lowest BCUT2D eigenvalue weighted by atomic mass is 10.3. The van der Waals surface area contributed by atoms with E-state index in [4.69, 9.17) is 23.2 Å². The molecular weight excluding hydrogens is 271 g/mol. The zero-order chi connectivity index (χ0) is 13.4. The number of amides is 1. The average molecular weight is 289 g/mol. The van der Waals surface area contributed by atoms with Crippen LogP contribution >= 0.6 is 23.2 Å². The molecule has 3 nitrogen and oxygen atoms in total. The summed E-state index contributed by atoms with van der Waals surface area (Å²) in [6.45, 7) is 3.77. The van der Waals surface area contributed by atoms with Crippen molar-refractivity contribution in [2.24, 2.45) is 0 Å². The molecule has 2 N–H and O–H groups in total. The van der Waals surface area contributed by atoms with Gasteiger partial charge in [-0.05, 0) is 31.2 Å². The molecule has 0 radical (unpaired) electrons. The summed E-state index contributed by atoms with van der Waals surface area (Å²) in [5, 5.41) is 7.01. The predicted octanol–water partition coefficient (Wildman–Crippen LogP) is 3.71. The van der Waals surface area contributed by atoms with Crippen molar-refractivity contribution >= 4 is 34.8 Å². The highest BCUT2D eigenvalue weighted by Gasteiger charge is 2.03. The minimum absolute atomic E-state index is 0.0441. The molecule has 0 spiro atoms. The molecule has 0 saturated carbocycles. The first-order valence-electron chi connectivity index (χ1n) is 6.08. The van der Waals surface area contributed by atoms with Crippen LogP contribution in [0.25, 0.3) is 0 Å². The summed E-state index contributed by atoms with van der Waals surface area (Å²) >= 11 is 11.7. The summed E-state index contributed by atoms with van der Waals surface area (Å²) in [6, 6.07) is 4.98. The van der Waals surface area contributed by atoms with E-state index < -0.39 is 0 Å². The van der Waals surface area contributed by atoms with Crippen molar-refractivity contribution in [3.8, 4) is 0 Å². The van der Waals surface area contributed by atoms with Gasteiger partial charge in [0.15, 0.2) is 0 Å². The van der Waals surface area contributed by atoms with Crippen LogP contribution in [0, 0.1) is 0 Å². The second-order valence-electron chi connectivity index (χ2n) is 4.06. The standard InChI is InChI=1S/C13H18Cl2N2O/c1-2-3-5-16-6-4-13(18)17-12-8-10(14)7-11(15)9-12/h7-9,16H,2-6H2,1H3,(H,17,18). The van der Waals surface area contributed by atoms with Crippen molar-refractivity contribution < 1.29 is 4.79 Å². The van der Waals surface area contributed by atoms with Gasteiger partial charge in [0.2, 0.25) is 5.91 Å². The molecule has 1 aromatic carbocycles. The number of rotatable bonds is 7. The van der Waals surface area contributed by atoms with Crippen LogP contribution in [0.1, 0.15) is 26.2 Å². The zero-order valence-electron chi connectivity index (χ0n) is 10.4. The van der Waals surface area contributed by atoms with Crippen molar-refractivity contribution in [1.29, 1.82) is 0 Å². The van der Waals surface area contributed by atoms with Gasteiger partial charge in [0.05, 0.1) is 0 Å². The van der Waals surface area contributed by atoms with E-state index in [9.17, 15) is 4.79 Å². The van der Waals surface area contributed by atoms with Gasteiger partial charge >= 0.3 is 0 Å². The fourth-order valence-electron chi connectivity index (χ4n) is 1.48. The number of carbonyl (C=O) groups excluding carboxylic acids is 1. The summed E-state index contributed by atoms with van der Waals surface area (Å²) in [5.74, 6) is -0.0441. The summed E-state index contributed by atoms with van der Waals surface area (Å²) in [7, 11) is 0. The maximum Gasteiger partial charge on any atom is 0.225 e. The molecule has 0 aliphatic heterocycles. The Bertz CT molecular complexity index is 376. The van der Waals surface area contributed by atoms with Crippen LogP contribution in [-0.2, 0) is 4.79 Å². The maximum absolute atomic E-state index is 11.6. The Balaban J connectivity index is 2.31. The van der Waals surface area contributed by atoms with Gasteiger partial charge in [-0.15, -0.1) is 0 Å². The van der Waals surface area contributed by atoms with Crippen LogP contribution < -0.4 is 10.6 Å². The molecule has 0 fully saturated rings. The quantitative estimate of drug-likeness (QED) is 0.751. The fraction of sp³-hybridized carbons (Fsp3) is 0.462. The van der Waals surface area contributed by atoms with E-state index in [1.165, 1.54) is 0 Å². The van der Waals surface area contributed by atoms with Crippen molar-refractivity contribution in [2.45, 2.75) is 26.2 Å². The van der Waals surface area contributed by atoms with Crippen LogP contribution in [-0.4, -0.2) is 19.0 Å². The highest BCUT2D eigenvalue weighted by molar-refractivity contribution is 6.35. The van der Waals surface area contributed by atoms with Crippen LogP contribution in [0.5, 0.6) is 0 Å². The number of benzene rings is 1. The summed E-state index contributed by atoms with van der Waals surface area (Å²) < 4.78 is 0. The van der Waals surface area contributed by atoms with Crippen LogP contribution in [0.3, 0.4) is 0 Å². The van der Waals surface area contributed by atoms with Crippen molar-refractivity contribution in [2.75, 3.05) is 18.4 Å². The molecular formula is C13H18Cl2N2O. The van der Waals surface area contributed by atoms with Crippen molar-refractivity contribution in [3.63, 3.8) is 0 Å². The van der Waals surface area contributed by atoms with E-state index in [-0.39, 0.29) is 5.91 Å². The van der Waals surface area contributed by atoms with E-state index in [2.05, 4.69) is 17.6 Å². The van der Waals surface area contributed by atoms with E-state index in [1.54, 1.807) is 18.2 Å². The minimum Gasteiger partial charge on any atom is -0.326 e. The molecule has 1 amide bonds. The van der Waals surface area contributed by atoms with Gasteiger partial charge in [0.25, 0.3) is 0 Å². The number of anilines is 1. The third-order valence-electron chi connectivity index (χ3n) is 2.38. The van der Waals surface area contributed by atoms with Gasteiger partial charge < -0.3 is 10.6 Å². The first-order valence-corrected chi connectivity index (χ1v) is 6.84. The topological polar surface area (TPSA) is 41.1 Å². The minimum atomic E-state index is -0.0441. The van der Waals surface area contributed by atoms with Crippen molar-refractivity contribution in [3.05, 3.63) is 28.2 Å². The van der Waals surface area contributed by atoms with Gasteiger partial charge in [-0.2, -0.15) is 0 Å². The molecule has 0 unspecified atom stereocenters. The highest BCUT2D eigenvalue weighted by atomic mass is 35.5. The summed E-state index contributed by atoms with van der Waals surface area (Å²) in [5.41, 5.74) is 0.631. The molecule has 18 heavy (non-hydrogen) atoms. The number of nitrogens with one attached hydrogen (secondary N) is 2. The zero-order valence-corrected chi connectivity index (χ0v) is 11.9. The summed E-state index contributed by atoms with van der Waals surface area (Å²) in [6.07, 6.45) is 2.72. The van der Waals surface area contributed by atoms with Crippen molar-refractivity contribution in [1.82, 2.24) is 5.32 Å². The SMILES string of the molecule is CCCCNCCC(=O)Nc1cc(Cl)cc(Cl)c1. The summed E-state index contributed by atoms with van der Waals surface area (Å²) in [4.78, 5) is 11.6. The third kappa shape index (κ3) is 6.24. The Morgan fingerprint density at radius 3 is 2.44 bits per heavy atom. The van der Waals surface area contributed by atoms with Gasteiger partial charge in [-0.3, -0.25) is 4.79 Å². The molecule has 5 heteroatoms. The average Bonchev–Trinajstić information content (AvgIpc) is 2.27. The normalized spacial score (nSPS) is 10.4. The lowest BCUT2D eigenvalue weighted by Crippen LogP contribution is -2.22. The Kier molecular flexibility index (Phi) is 7.09. The number of hydrogen-bond acceptors (Lipinski definition) is 2. The number of carbonyl (C=O) groups is 1. The van der Waals surface area contributed by atoms with Crippen LogP contribution in [0.4, 0.5) is 5.69 Å². The molecule has 0 saturated heterocycles. The Hall–Kier alpha value is -0.770. The molecule has 0 atom stereocenters. The number of halogens is 2.